The van der Waals surface area contributed by atoms with Gasteiger partial charge in [0.25, 0.3) is 0 Å². The van der Waals surface area contributed by atoms with Gasteiger partial charge in [-0.15, -0.1) is 0 Å². The van der Waals surface area contributed by atoms with Crippen LogP contribution in [-0.2, 0) is 20.3 Å². The van der Waals surface area contributed by atoms with Gasteiger partial charge in [-0.2, -0.15) is 0 Å². The minimum absolute atomic E-state index is 0.0172. The number of carbonyl (C=O) groups excluding carboxylic acids is 1. The highest BCUT2D eigenvalue weighted by molar-refractivity contribution is 7.86. The number of benzene rings is 1. The minimum Gasteiger partial charge on any atom is -0.469 e. The molecule has 1 aromatic carbocycles. The Balaban J connectivity index is 1.98. The lowest BCUT2D eigenvalue weighted by Crippen LogP contribution is -2.41. The molecule has 2 saturated heterocycles. The number of esters is 1. The number of fused-ring (bicyclic) bond motifs is 2. The van der Waals surface area contributed by atoms with Crippen LogP contribution >= 0.6 is 0 Å². The number of ether oxygens (including phenoxy) is 1. The molecule has 2 aliphatic rings. The molecule has 0 aromatic heterocycles. The Kier molecular flexibility index (Phi) is 3.44. The largest absolute Gasteiger partial charge is 0.469 e. The van der Waals surface area contributed by atoms with E-state index in [1.165, 1.54) is 12.7 Å². The lowest BCUT2D eigenvalue weighted by Gasteiger charge is -2.34. The Morgan fingerprint density at radius 1 is 1.26 bits per heavy atom. The zero-order chi connectivity index (χ0) is 13.4. The average molecular weight is 278 g/mol. The van der Waals surface area contributed by atoms with Crippen LogP contribution in [0.3, 0.4) is 0 Å². The molecule has 0 radical (unpaired) electrons. The van der Waals surface area contributed by atoms with E-state index < -0.39 is 10.8 Å². The van der Waals surface area contributed by atoms with Crippen LogP contribution in [0.5, 0.6) is 0 Å². The molecule has 2 bridgehead atoms. The van der Waals surface area contributed by atoms with E-state index >= 15 is 0 Å². The number of hydrogen-bond acceptors (Lipinski definition) is 3. The molecule has 0 saturated carbocycles. The maximum absolute atomic E-state index is 12.3. The highest BCUT2D eigenvalue weighted by Crippen LogP contribution is 2.47. The third kappa shape index (κ3) is 2.12. The number of hydrogen-bond donors (Lipinski definition) is 0. The Morgan fingerprint density at radius 3 is 2.68 bits per heavy atom. The van der Waals surface area contributed by atoms with Gasteiger partial charge in [-0.25, -0.2) is 0 Å². The van der Waals surface area contributed by atoms with Gasteiger partial charge in [0.05, 0.1) is 13.0 Å². The van der Waals surface area contributed by atoms with E-state index in [-0.39, 0.29) is 28.3 Å². The topological polar surface area (TPSA) is 43.4 Å². The Hall–Kier alpha value is -1.16. The molecule has 0 amide bonds. The fourth-order valence-electron chi connectivity index (χ4n) is 3.55. The zero-order valence-corrected chi connectivity index (χ0v) is 11.8. The van der Waals surface area contributed by atoms with Gasteiger partial charge in [-0.3, -0.25) is 9.00 Å². The molecule has 1 aromatic rings. The molecule has 2 heterocycles. The monoisotopic (exact) mass is 278 g/mol. The molecule has 5 atom stereocenters. The summed E-state index contributed by atoms with van der Waals surface area (Å²) in [5.41, 5.74) is 1.17. The fourth-order valence-corrected chi connectivity index (χ4v) is 5.77. The van der Waals surface area contributed by atoms with Crippen molar-refractivity contribution < 1.29 is 13.7 Å². The van der Waals surface area contributed by atoms with Crippen LogP contribution in [-0.4, -0.2) is 27.8 Å². The van der Waals surface area contributed by atoms with Crippen LogP contribution in [0.2, 0.25) is 0 Å². The summed E-state index contributed by atoms with van der Waals surface area (Å²) in [5, 5.41) is 0.243. The van der Waals surface area contributed by atoms with Gasteiger partial charge >= 0.3 is 5.97 Å². The van der Waals surface area contributed by atoms with Crippen molar-refractivity contribution in [3.05, 3.63) is 35.9 Å². The standard InChI is InChI=1S/C15H18O3S/c1-18-15(16)14-12(10-5-3-2-4-6-10)9-11-7-8-13(14)19(11)17/h2-6,11-14H,7-9H2,1H3/t11?,12-,13?,14-,19?/m0/s1. The van der Waals surface area contributed by atoms with E-state index in [9.17, 15) is 9.00 Å². The van der Waals surface area contributed by atoms with E-state index in [1.54, 1.807) is 0 Å². The summed E-state index contributed by atoms with van der Waals surface area (Å²) < 4.78 is 17.3. The molecule has 3 nitrogen and oxygen atoms in total. The van der Waals surface area contributed by atoms with Crippen molar-refractivity contribution in [2.45, 2.75) is 35.7 Å². The zero-order valence-electron chi connectivity index (χ0n) is 11.0. The first-order valence-corrected chi connectivity index (χ1v) is 8.02. The predicted octanol–water partition coefficient (Wildman–Crippen LogP) is 2.24. The van der Waals surface area contributed by atoms with Crippen LogP contribution in [0, 0.1) is 5.92 Å². The van der Waals surface area contributed by atoms with Crippen LogP contribution < -0.4 is 0 Å². The smallest absolute Gasteiger partial charge is 0.310 e. The lowest BCUT2D eigenvalue weighted by molar-refractivity contribution is -0.146. The molecule has 4 heteroatoms. The van der Waals surface area contributed by atoms with E-state index in [0.29, 0.717) is 0 Å². The minimum atomic E-state index is -0.866. The highest BCUT2D eigenvalue weighted by atomic mass is 32.2. The van der Waals surface area contributed by atoms with Gasteiger partial charge in [0.2, 0.25) is 0 Å². The summed E-state index contributed by atoms with van der Waals surface area (Å²) in [6.45, 7) is 0. The molecule has 2 aliphatic heterocycles. The lowest BCUT2D eigenvalue weighted by atomic mass is 9.81. The summed E-state index contributed by atoms with van der Waals surface area (Å²) in [6.07, 6.45) is 2.71. The number of carbonyl (C=O) groups is 1. The summed E-state index contributed by atoms with van der Waals surface area (Å²) in [7, 11) is 0.559. The summed E-state index contributed by atoms with van der Waals surface area (Å²) >= 11 is 0. The SMILES string of the molecule is COC(=O)[C@@H]1C2CCC(C[C@H]1c1ccccc1)S2=O. The van der Waals surface area contributed by atoms with Gasteiger partial charge in [-0.1, -0.05) is 30.3 Å². The number of methoxy groups -OCH3 is 1. The first-order valence-electron chi connectivity index (χ1n) is 6.74. The van der Waals surface area contributed by atoms with Gasteiger partial charge in [-0.05, 0) is 30.7 Å². The van der Waals surface area contributed by atoms with Gasteiger partial charge in [0.1, 0.15) is 0 Å². The molecule has 102 valence electrons. The highest BCUT2D eigenvalue weighted by Gasteiger charge is 2.51. The fraction of sp³-hybridized carbons (Fsp3) is 0.533. The second-order valence-corrected chi connectivity index (χ2v) is 7.30. The molecule has 0 spiro atoms. The van der Waals surface area contributed by atoms with Gasteiger partial charge < -0.3 is 4.74 Å². The second-order valence-electron chi connectivity index (χ2n) is 5.37. The molecule has 0 aliphatic carbocycles. The maximum Gasteiger partial charge on any atom is 0.310 e. The Morgan fingerprint density at radius 2 is 2.00 bits per heavy atom. The van der Waals surface area contributed by atoms with E-state index in [1.807, 2.05) is 18.2 Å². The van der Waals surface area contributed by atoms with Crippen molar-refractivity contribution in [3.8, 4) is 0 Å². The van der Waals surface area contributed by atoms with Crippen LogP contribution in [0.1, 0.15) is 30.7 Å². The normalized spacial score (nSPS) is 37.0. The predicted molar refractivity (Wildman–Crippen MR) is 74.3 cm³/mol. The summed E-state index contributed by atoms with van der Waals surface area (Å²) in [6, 6.07) is 10.1. The van der Waals surface area contributed by atoms with Crippen molar-refractivity contribution in [1.29, 1.82) is 0 Å². The van der Waals surface area contributed by atoms with E-state index in [2.05, 4.69) is 12.1 Å². The van der Waals surface area contributed by atoms with Crippen molar-refractivity contribution in [1.82, 2.24) is 0 Å². The molecular formula is C15H18O3S. The quantitative estimate of drug-likeness (QED) is 0.779. The van der Waals surface area contributed by atoms with Crippen molar-refractivity contribution in [2.75, 3.05) is 7.11 Å². The summed E-state index contributed by atoms with van der Waals surface area (Å²) in [5.74, 6) is -0.289. The van der Waals surface area contributed by atoms with Crippen molar-refractivity contribution in [2.24, 2.45) is 5.92 Å². The molecule has 2 fully saturated rings. The third-order valence-electron chi connectivity index (χ3n) is 4.45. The molecule has 19 heavy (non-hydrogen) atoms. The van der Waals surface area contributed by atoms with E-state index in [0.717, 1.165) is 19.3 Å². The molecule has 3 rings (SSSR count). The molecular weight excluding hydrogens is 260 g/mol. The Bertz CT molecular complexity index is 499. The second kappa shape index (κ2) is 5.08. The molecule has 3 unspecified atom stereocenters. The Labute approximate surface area is 115 Å². The van der Waals surface area contributed by atoms with Gasteiger partial charge in [0.15, 0.2) is 0 Å². The third-order valence-corrected chi connectivity index (χ3v) is 6.66. The molecule has 0 N–H and O–H groups in total. The first kappa shape index (κ1) is 12.9. The average Bonchev–Trinajstić information content (AvgIpc) is 2.70. The maximum atomic E-state index is 12.3. The van der Waals surface area contributed by atoms with Crippen LogP contribution in [0.4, 0.5) is 0 Å². The summed E-state index contributed by atoms with van der Waals surface area (Å²) in [4.78, 5) is 12.1. The van der Waals surface area contributed by atoms with Gasteiger partial charge in [0, 0.05) is 21.3 Å². The van der Waals surface area contributed by atoms with E-state index in [4.69, 9.17) is 4.74 Å². The van der Waals surface area contributed by atoms with Crippen molar-refractivity contribution in [3.63, 3.8) is 0 Å². The first-order chi connectivity index (χ1) is 9.22. The van der Waals surface area contributed by atoms with Crippen LogP contribution in [0.25, 0.3) is 0 Å². The van der Waals surface area contributed by atoms with Crippen LogP contribution in [0.15, 0.2) is 30.3 Å². The van der Waals surface area contributed by atoms with Crippen molar-refractivity contribution >= 4 is 16.8 Å². The number of rotatable bonds is 2.